The third-order valence-corrected chi connectivity index (χ3v) is 2.88. The molecule has 6 nitrogen and oxygen atoms in total. The maximum absolute atomic E-state index is 11.5. The first-order valence-electron chi connectivity index (χ1n) is 7.35. The Kier molecular flexibility index (Phi) is 7.81. The van der Waals surface area contributed by atoms with Gasteiger partial charge in [0.15, 0.2) is 13.2 Å². The fourth-order valence-corrected chi connectivity index (χ4v) is 1.55. The molecule has 1 aromatic rings. The summed E-state index contributed by atoms with van der Waals surface area (Å²) in [7, 11) is 0. The smallest absolute Gasteiger partial charge is 0.344 e. The lowest BCUT2D eigenvalue weighted by atomic mass is 10.2. The van der Waals surface area contributed by atoms with E-state index >= 15 is 0 Å². The lowest BCUT2D eigenvalue weighted by Crippen LogP contribution is -2.35. The molecule has 0 aromatic heterocycles. The topological polar surface area (TPSA) is 73.9 Å². The van der Waals surface area contributed by atoms with Crippen LogP contribution in [0.25, 0.3) is 0 Å². The first-order chi connectivity index (χ1) is 10.5. The van der Waals surface area contributed by atoms with E-state index in [2.05, 4.69) is 5.32 Å². The number of hydrogen-bond donors (Lipinski definition) is 1. The van der Waals surface area contributed by atoms with Crippen LogP contribution in [0.1, 0.15) is 27.2 Å². The van der Waals surface area contributed by atoms with E-state index in [4.69, 9.17) is 14.2 Å². The zero-order valence-electron chi connectivity index (χ0n) is 13.3. The minimum absolute atomic E-state index is 0.0614. The largest absolute Gasteiger partial charge is 0.494 e. The van der Waals surface area contributed by atoms with E-state index in [0.717, 1.165) is 12.2 Å². The van der Waals surface area contributed by atoms with Gasteiger partial charge in [-0.25, -0.2) is 4.79 Å². The Balaban J connectivity index is 2.26. The highest BCUT2D eigenvalue weighted by atomic mass is 16.6. The number of carbonyl (C=O) groups is 2. The van der Waals surface area contributed by atoms with Gasteiger partial charge in [-0.2, -0.15) is 0 Å². The molecule has 1 rings (SSSR count). The van der Waals surface area contributed by atoms with Crippen LogP contribution in [0, 0.1) is 0 Å². The molecule has 0 spiro atoms. The number of ether oxygens (including phenoxy) is 3. The zero-order chi connectivity index (χ0) is 16.4. The molecule has 122 valence electrons. The van der Waals surface area contributed by atoms with E-state index < -0.39 is 5.97 Å². The van der Waals surface area contributed by atoms with Crippen LogP contribution in [0.5, 0.6) is 11.5 Å². The van der Waals surface area contributed by atoms with Gasteiger partial charge < -0.3 is 19.5 Å². The second-order valence-electron chi connectivity index (χ2n) is 4.73. The second kappa shape index (κ2) is 9.65. The van der Waals surface area contributed by atoms with Crippen LogP contribution in [0.15, 0.2) is 24.3 Å². The predicted molar refractivity (Wildman–Crippen MR) is 82.0 cm³/mol. The first kappa shape index (κ1) is 17.8. The van der Waals surface area contributed by atoms with Crippen LogP contribution >= 0.6 is 0 Å². The molecule has 1 amide bonds. The van der Waals surface area contributed by atoms with E-state index in [1.54, 1.807) is 24.3 Å². The van der Waals surface area contributed by atoms with E-state index in [1.165, 1.54) is 0 Å². The molecule has 0 saturated carbocycles. The number of carbonyl (C=O) groups excluding carboxylic acids is 2. The number of benzene rings is 1. The Bertz CT molecular complexity index is 472. The molecule has 0 heterocycles. The Morgan fingerprint density at radius 2 is 1.64 bits per heavy atom. The maximum Gasteiger partial charge on any atom is 0.344 e. The molecule has 0 unspecified atom stereocenters. The van der Waals surface area contributed by atoms with Crippen molar-refractivity contribution in [1.29, 1.82) is 0 Å². The fraction of sp³-hybridized carbons (Fsp3) is 0.500. The molecule has 0 aliphatic heterocycles. The van der Waals surface area contributed by atoms with Crippen molar-refractivity contribution >= 4 is 11.9 Å². The Morgan fingerprint density at radius 3 is 2.18 bits per heavy atom. The molecule has 0 aliphatic carbocycles. The van der Waals surface area contributed by atoms with E-state index in [9.17, 15) is 9.59 Å². The van der Waals surface area contributed by atoms with Crippen molar-refractivity contribution in [3.8, 4) is 11.5 Å². The summed E-state index contributed by atoms with van der Waals surface area (Å²) in [6, 6.07) is 6.97. The van der Waals surface area contributed by atoms with Crippen molar-refractivity contribution in [1.82, 2.24) is 5.32 Å². The van der Waals surface area contributed by atoms with E-state index in [0.29, 0.717) is 12.4 Å². The molecule has 0 aliphatic rings. The standard InChI is InChI=1S/C16H23NO5/c1-4-12(3)17-15(18)10-22-16(19)11-21-14-8-6-13(7-9-14)20-5-2/h6-9,12H,4-5,10-11H2,1-3H3,(H,17,18)/t12-/m1/s1. The highest BCUT2D eigenvalue weighted by molar-refractivity contribution is 5.81. The van der Waals surface area contributed by atoms with Gasteiger partial charge in [-0.15, -0.1) is 0 Å². The average Bonchev–Trinajstić information content (AvgIpc) is 2.52. The molecule has 1 aromatic carbocycles. The van der Waals surface area contributed by atoms with Gasteiger partial charge in [0.1, 0.15) is 11.5 Å². The highest BCUT2D eigenvalue weighted by Crippen LogP contribution is 2.17. The number of amides is 1. The Morgan fingerprint density at radius 1 is 1.05 bits per heavy atom. The summed E-state index contributed by atoms with van der Waals surface area (Å²) in [5.41, 5.74) is 0. The van der Waals surface area contributed by atoms with Crippen LogP contribution in [-0.4, -0.2) is 37.7 Å². The normalized spacial score (nSPS) is 11.4. The molecular formula is C16H23NO5. The number of nitrogens with one attached hydrogen (secondary N) is 1. The summed E-state index contributed by atoms with van der Waals surface area (Å²) >= 11 is 0. The van der Waals surface area contributed by atoms with E-state index in [-0.39, 0.29) is 25.2 Å². The number of esters is 1. The average molecular weight is 309 g/mol. The number of rotatable bonds is 9. The van der Waals surface area contributed by atoms with Crippen molar-refractivity contribution in [2.24, 2.45) is 0 Å². The van der Waals surface area contributed by atoms with Crippen LogP contribution in [-0.2, 0) is 14.3 Å². The quantitative estimate of drug-likeness (QED) is 0.706. The van der Waals surface area contributed by atoms with Gasteiger partial charge in [-0.3, -0.25) is 4.79 Å². The second-order valence-corrected chi connectivity index (χ2v) is 4.73. The van der Waals surface area contributed by atoms with Gasteiger partial charge in [0, 0.05) is 6.04 Å². The van der Waals surface area contributed by atoms with Crippen molar-refractivity contribution in [3.05, 3.63) is 24.3 Å². The minimum atomic E-state index is -0.590. The van der Waals surface area contributed by atoms with Gasteiger partial charge in [0.25, 0.3) is 5.91 Å². The molecule has 0 saturated heterocycles. The van der Waals surface area contributed by atoms with Crippen LogP contribution in [0.4, 0.5) is 0 Å². The summed E-state index contributed by atoms with van der Waals surface area (Å²) in [6.45, 7) is 5.79. The van der Waals surface area contributed by atoms with Crippen LogP contribution in [0.3, 0.4) is 0 Å². The molecule has 0 radical (unpaired) electrons. The van der Waals surface area contributed by atoms with Gasteiger partial charge in [-0.05, 0) is 44.5 Å². The summed E-state index contributed by atoms with van der Waals surface area (Å²) in [6.07, 6.45) is 0.820. The molecule has 0 bridgehead atoms. The van der Waals surface area contributed by atoms with Crippen molar-refractivity contribution in [3.63, 3.8) is 0 Å². The van der Waals surface area contributed by atoms with Gasteiger partial charge >= 0.3 is 5.97 Å². The zero-order valence-corrected chi connectivity index (χ0v) is 13.3. The van der Waals surface area contributed by atoms with Crippen molar-refractivity contribution in [2.75, 3.05) is 19.8 Å². The Labute approximate surface area is 130 Å². The SMILES string of the molecule is CCOc1ccc(OCC(=O)OCC(=O)N[C@H](C)CC)cc1. The van der Waals surface area contributed by atoms with Crippen LogP contribution in [0.2, 0.25) is 0 Å². The molecule has 1 atom stereocenters. The summed E-state index contributed by atoms with van der Waals surface area (Å²) in [4.78, 5) is 22.9. The predicted octanol–water partition coefficient (Wildman–Crippen LogP) is 1.92. The summed E-state index contributed by atoms with van der Waals surface area (Å²) < 4.78 is 15.4. The maximum atomic E-state index is 11.5. The summed E-state index contributed by atoms with van der Waals surface area (Å²) in [5, 5.41) is 2.71. The molecule has 6 heteroatoms. The molecule has 22 heavy (non-hydrogen) atoms. The Hall–Kier alpha value is -2.24. The van der Waals surface area contributed by atoms with E-state index in [1.807, 2.05) is 20.8 Å². The van der Waals surface area contributed by atoms with Gasteiger partial charge in [-0.1, -0.05) is 6.92 Å². The highest BCUT2D eigenvalue weighted by Gasteiger charge is 2.10. The molecule has 0 fully saturated rings. The number of hydrogen-bond acceptors (Lipinski definition) is 5. The van der Waals surface area contributed by atoms with Gasteiger partial charge in [0.2, 0.25) is 0 Å². The minimum Gasteiger partial charge on any atom is -0.494 e. The van der Waals surface area contributed by atoms with Crippen LogP contribution < -0.4 is 14.8 Å². The van der Waals surface area contributed by atoms with Crippen molar-refractivity contribution in [2.45, 2.75) is 33.2 Å². The lowest BCUT2D eigenvalue weighted by molar-refractivity contribution is -0.150. The third-order valence-electron chi connectivity index (χ3n) is 2.88. The monoisotopic (exact) mass is 309 g/mol. The fourth-order valence-electron chi connectivity index (χ4n) is 1.55. The summed E-state index contributed by atoms with van der Waals surface area (Å²) in [5.74, 6) is 0.362. The third kappa shape index (κ3) is 6.97. The first-order valence-corrected chi connectivity index (χ1v) is 7.35. The lowest BCUT2D eigenvalue weighted by Gasteiger charge is -2.11. The molecule has 1 N–H and O–H groups in total. The van der Waals surface area contributed by atoms with Gasteiger partial charge in [0.05, 0.1) is 6.61 Å². The molecular weight excluding hydrogens is 286 g/mol. The van der Waals surface area contributed by atoms with Crippen molar-refractivity contribution < 1.29 is 23.8 Å².